The van der Waals surface area contributed by atoms with Crippen molar-refractivity contribution in [2.45, 2.75) is 6.18 Å². The zero-order valence-corrected chi connectivity index (χ0v) is 6.04. The second kappa shape index (κ2) is 2.85. The van der Waals surface area contributed by atoms with Gasteiger partial charge in [0.2, 0.25) is 11.8 Å². The summed E-state index contributed by atoms with van der Waals surface area (Å²) in [6, 6.07) is 0. The van der Waals surface area contributed by atoms with Gasteiger partial charge in [-0.2, -0.15) is 22.5 Å². The summed E-state index contributed by atoms with van der Waals surface area (Å²) in [5, 5.41) is -0.664. The average Bonchev–Trinajstić information content (AvgIpc) is 1.92. The van der Waals surface area contributed by atoms with Crippen molar-refractivity contribution in [2.24, 2.45) is 0 Å². The van der Waals surface area contributed by atoms with E-state index in [9.17, 15) is 17.6 Å². The first kappa shape index (κ1) is 9.18. The number of halogens is 5. The molecule has 1 rings (SSSR count). The van der Waals surface area contributed by atoms with Crippen molar-refractivity contribution < 1.29 is 17.6 Å². The standard InChI is InChI=1S/C5ClF4N2/c6-2-1-11-4(5(8,9)10)12-3(2)7. The van der Waals surface area contributed by atoms with Gasteiger partial charge in [0.25, 0.3) is 0 Å². The highest BCUT2D eigenvalue weighted by atomic mass is 35.5. The van der Waals surface area contributed by atoms with Gasteiger partial charge in [-0.3, -0.25) is 0 Å². The average molecular weight is 200 g/mol. The Morgan fingerprint density at radius 1 is 1.33 bits per heavy atom. The first-order valence-corrected chi connectivity index (χ1v) is 2.97. The molecule has 0 unspecified atom stereocenters. The molecule has 0 spiro atoms. The van der Waals surface area contributed by atoms with Crippen LogP contribution in [-0.2, 0) is 6.18 Å². The van der Waals surface area contributed by atoms with Crippen LogP contribution < -0.4 is 0 Å². The Labute approximate surface area is 69.2 Å². The van der Waals surface area contributed by atoms with Gasteiger partial charge in [-0.1, -0.05) is 11.6 Å². The van der Waals surface area contributed by atoms with Gasteiger partial charge in [-0.15, -0.1) is 0 Å². The number of alkyl halides is 3. The molecule has 7 heteroatoms. The second-order valence-electron chi connectivity index (χ2n) is 1.76. The van der Waals surface area contributed by atoms with Crippen LogP contribution in [0.3, 0.4) is 0 Å². The molecule has 0 fully saturated rings. The first-order valence-electron chi connectivity index (χ1n) is 2.59. The van der Waals surface area contributed by atoms with E-state index in [1.807, 2.05) is 0 Å². The fourth-order valence-electron chi connectivity index (χ4n) is 0.442. The highest BCUT2D eigenvalue weighted by Gasteiger charge is 2.35. The van der Waals surface area contributed by atoms with E-state index in [1.165, 1.54) is 0 Å². The van der Waals surface area contributed by atoms with Crippen molar-refractivity contribution in [2.75, 3.05) is 0 Å². The van der Waals surface area contributed by atoms with Crippen molar-refractivity contribution >= 4 is 11.6 Å². The SMILES string of the molecule is Fc1nc(C(F)(F)F)n[c]c1Cl. The van der Waals surface area contributed by atoms with E-state index in [2.05, 4.69) is 9.97 Å². The Morgan fingerprint density at radius 2 is 1.92 bits per heavy atom. The molecule has 0 aliphatic rings. The predicted molar refractivity (Wildman–Crippen MR) is 30.8 cm³/mol. The molecule has 0 aliphatic heterocycles. The summed E-state index contributed by atoms with van der Waals surface area (Å²) in [7, 11) is 0. The van der Waals surface area contributed by atoms with Crippen LogP contribution in [0.25, 0.3) is 0 Å². The number of aromatic nitrogens is 2. The van der Waals surface area contributed by atoms with Crippen LogP contribution in [0.4, 0.5) is 17.6 Å². The van der Waals surface area contributed by atoms with Crippen molar-refractivity contribution in [3.63, 3.8) is 0 Å². The lowest BCUT2D eigenvalue weighted by Gasteiger charge is -2.02. The fraction of sp³-hybridized carbons (Fsp3) is 0.200. The van der Waals surface area contributed by atoms with Crippen LogP contribution in [0.15, 0.2) is 0 Å². The van der Waals surface area contributed by atoms with Crippen LogP contribution in [0.2, 0.25) is 5.02 Å². The normalized spacial score (nSPS) is 11.8. The zero-order valence-electron chi connectivity index (χ0n) is 5.28. The van der Waals surface area contributed by atoms with Crippen molar-refractivity contribution in [3.05, 3.63) is 23.0 Å². The minimum atomic E-state index is -4.78. The van der Waals surface area contributed by atoms with Gasteiger partial charge < -0.3 is 0 Å². The molecular formula is C5ClF4N2. The Kier molecular flexibility index (Phi) is 2.18. The Bertz CT molecular complexity index is 298. The highest BCUT2D eigenvalue weighted by Crippen LogP contribution is 2.26. The van der Waals surface area contributed by atoms with Gasteiger partial charge in [0.05, 0.1) is 0 Å². The molecule has 0 amide bonds. The molecule has 1 heterocycles. The molecule has 0 aliphatic carbocycles. The number of rotatable bonds is 0. The van der Waals surface area contributed by atoms with Gasteiger partial charge in [0, 0.05) is 0 Å². The third-order valence-corrected chi connectivity index (χ3v) is 1.14. The van der Waals surface area contributed by atoms with Crippen molar-refractivity contribution in [1.82, 2.24) is 9.97 Å². The van der Waals surface area contributed by atoms with Gasteiger partial charge in [0.15, 0.2) is 0 Å². The topological polar surface area (TPSA) is 25.8 Å². The van der Waals surface area contributed by atoms with E-state index < -0.39 is 23.0 Å². The van der Waals surface area contributed by atoms with E-state index in [-0.39, 0.29) is 0 Å². The zero-order chi connectivity index (χ0) is 9.35. The summed E-state index contributed by atoms with van der Waals surface area (Å²) in [5.41, 5.74) is 0. The lowest BCUT2D eigenvalue weighted by Crippen LogP contribution is -2.11. The van der Waals surface area contributed by atoms with Crippen LogP contribution in [0.1, 0.15) is 5.82 Å². The summed E-state index contributed by atoms with van der Waals surface area (Å²) in [5.74, 6) is -3.02. The van der Waals surface area contributed by atoms with Gasteiger partial charge in [0.1, 0.15) is 11.2 Å². The van der Waals surface area contributed by atoms with E-state index >= 15 is 0 Å². The Morgan fingerprint density at radius 3 is 2.33 bits per heavy atom. The molecule has 0 N–H and O–H groups in total. The number of hydrogen-bond acceptors (Lipinski definition) is 2. The van der Waals surface area contributed by atoms with E-state index in [0.717, 1.165) is 0 Å². The molecular weight excluding hydrogens is 200 g/mol. The molecule has 1 aromatic heterocycles. The van der Waals surface area contributed by atoms with Crippen LogP contribution in [0, 0.1) is 12.1 Å². The van der Waals surface area contributed by atoms with Crippen LogP contribution in [-0.4, -0.2) is 9.97 Å². The maximum absolute atomic E-state index is 12.3. The second-order valence-corrected chi connectivity index (χ2v) is 2.14. The van der Waals surface area contributed by atoms with Gasteiger partial charge >= 0.3 is 6.18 Å². The van der Waals surface area contributed by atoms with Crippen LogP contribution >= 0.6 is 11.6 Å². The Hall–Kier alpha value is -0.910. The minimum absolute atomic E-state index is 0.664. The summed E-state index contributed by atoms with van der Waals surface area (Å²) in [4.78, 5) is 5.16. The third-order valence-electron chi connectivity index (χ3n) is 0.899. The van der Waals surface area contributed by atoms with Gasteiger partial charge in [-0.25, -0.2) is 4.98 Å². The summed E-state index contributed by atoms with van der Waals surface area (Å²) in [6.07, 6.45) is -3.14. The first-order chi connectivity index (χ1) is 5.41. The van der Waals surface area contributed by atoms with E-state index in [1.54, 1.807) is 6.20 Å². The summed E-state index contributed by atoms with van der Waals surface area (Å²) in [6.45, 7) is 0. The monoisotopic (exact) mass is 199 g/mol. The largest absolute Gasteiger partial charge is 0.451 e. The minimum Gasteiger partial charge on any atom is -0.221 e. The predicted octanol–water partition coefficient (Wildman–Crippen LogP) is 2.09. The maximum atomic E-state index is 12.3. The molecule has 1 aromatic rings. The Balaban J connectivity index is 3.14. The number of nitrogens with zero attached hydrogens (tertiary/aromatic N) is 2. The highest BCUT2D eigenvalue weighted by molar-refractivity contribution is 6.30. The molecule has 0 bridgehead atoms. The molecule has 0 saturated heterocycles. The number of hydrogen-bond donors (Lipinski definition) is 0. The molecule has 1 radical (unpaired) electrons. The smallest absolute Gasteiger partial charge is 0.221 e. The summed E-state index contributed by atoms with van der Waals surface area (Å²) >= 11 is 5.01. The van der Waals surface area contributed by atoms with Crippen molar-refractivity contribution in [3.8, 4) is 0 Å². The molecule has 65 valence electrons. The quantitative estimate of drug-likeness (QED) is 0.472. The summed E-state index contributed by atoms with van der Waals surface area (Å²) < 4.78 is 47.5. The lowest BCUT2D eigenvalue weighted by molar-refractivity contribution is -0.145. The lowest BCUT2D eigenvalue weighted by atomic mass is 10.5. The maximum Gasteiger partial charge on any atom is 0.451 e. The molecule has 0 atom stereocenters. The molecule has 0 saturated carbocycles. The molecule has 0 aromatic carbocycles. The molecule has 12 heavy (non-hydrogen) atoms. The van der Waals surface area contributed by atoms with Gasteiger partial charge in [-0.05, 0) is 0 Å². The van der Waals surface area contributed by atoms with E-state index in [4.69, 9.17) is 11.6 Å². The van der Waals surface area contributed by atoms with E-state index in [0.29, 0.717) is 0 Å². The third kappa shape index (κ3) is 1.82. The van der Waals surface area contributed by atoms with Crippen LogP contribution in [0.5, 0.6) is 0 Å². The van der Waals surface area contributed by atoms with Crippen molar-refractivity contribution in [1.29, 1.82) is 0 Å². The fourth-order valence-corrected chi connectivity index (χ4v) is 0.527. The molecule has 2 nitrogen and oxygen atoms in total.